The van der Waals surface area contributed by atoms with Crippen molar-refractivity contribution in [3.63, 3.8) is 0 Å². The van der Waals surface area contributed by atoms with Gasteiger partial charge in [0.15, 0.2) is 6.10 Å². The topological polar surface area (TPSA) is 59.1 Å². The van der Waals surface area contributed by atoms with Gasteiger partial charge in [0.1, 0.15) is 11.4 Å². The molecule has 0 aliphatic carbocycles. The zero-order valence-electron chi connectivity index (χ0n) is 16.6. The molecule has 154 valence electrons. The number of rotatable bonds is 1. The second kappa shape index (κ2) is 7.87. The monoisotopic (exact) mass is 412 g/mol. The smallest absolute Gasteiger partial charge is 0.410 e. The Hall–Kier alpha value is -1.86. The number of hydrogen-bond donors (Lipinski definition) is 0. The van der Waals surface area contributed by atoms with Gasteiger partial charge in [0.25, 0.3) is 5.91 Å². The van der Waals surface area contributed by atoms with E-state index in [1.54, 1.807) is 25.7 Å². The fraction of sp³-hybridized carbons (Fsp3) is 0.600. The van der Waals surface area contributed by atoms with Crippen LogP contribution in [0.1, 0.15) is 44.9 Å². The molecule has 0 radical (unpaired) electrons. The molecule has 1 aromatic carbocycles. The molecule has 2 heterocycles. The minimum Gasteiger partial charge on any atom is -0.444 e. The van der Waals surface area contributed by atoms with E-state index in [9.17, 15) is 14.0 Å². The number of fused-ring (bicyclic) bond motifs is 1. The van der Waals surface area contributed by atoms with E-state index in [4.69, 9.17) is 21.1 Å². The molecule has 2 aliphatic heterocycles. The summed E-state index contributed by atoms with van der Waals surface area (Å²) in [6, 6.07) is 2.44. The van der Waals surface area contributed by atoms with Gasteiger partial charge in [0.2, 0.25) is 0 Å². The van der Waals surface area contributed by atoms with Crippen LogP contribution in [-0.2, 0) is 20.7 Å². The number of amides is 2. The lowest BCUT2D eigenvalue weighted by atomic mass is 9.92. The molecule has 0 aromatic heterocycles. The molecule has 2 amide bonds. The first-order chi connectivity index (χ1) is 13.1. The SMILES string of the molecule is C[C@H]1c2c(Cl)cc(F)cc2CCN1C(=O)[C@H]1CN(C(=O)OC(C)(C)C)CCO1. The minimum atomic E-state index is -0.760. The van der Waals surface area contributed by atoms with E-state index < -0.39 is 17.8 Å². The van der Waals surface area contributed by atoms with Crippen LogP contribution in [-0.4, -0.2) is 59.7 Å². The maximum absolute atomic E-state index is 13.6. The van der Waals surface area contributed by atoms with Crippen LogP contribution < -0.4 is 0 Å². The molecule has 1 aromatic rings. The van der Waals surface area contributed by atoms with Gasteiger partial charge in [-0.25, -0.2) is 9.18 Å². The highest BCUT2D eigenvalue weighted by atomic mass is 35.5. The molecule has 28 heavy (non-hydrogen) atoms. The first-order valence-corrected chi connectivity index (χ1v) is 9.82. The van der Waals surface area contributed by atoms with E-state index in [0.717, 1.165) is 11.1 Å². The van der Waals surface area contributed by atoms with E-state index >= 15 is 0 Å². The number of carbonyl (C=O) groups excluding carboxylic acids is 2. The predicted octanol–water partition coefficient (Wildman–Crippen LogP) is 3.56. The Morgan fingerprint density at radius 3 is 2.68 bits per heavy atom. The lowest BCUT2D eigenvalue weighted by Crippen LogP contribution is -2.54. The van der Waals surface area contributed by atoms with Gasteiger partial charge in [-0.15, -0.1) is 0 Å². The summed E-state index contributed by atoms with van der Waals surface area (Å²) in [5, 5.41) is 0.319. The summed E-state index contributed by atoms with van der Waals surface area (Å²) in [6.45, 7) is 8.49. The number of halogens is 2. The van der Waals surface area contributed by atoms with Crippen molar-refractivity contribution in [1.82, 2.24) is 9.80 Å². The van der Waals surface area contributed by atoms with E-state index in [0.29, 0.717) is 24.5 Å². The Balaban J connectivity index is 1.72. The number of hydrogen-bond acceptors (Lipinski definition) is 4. The molecule has 3 rings (SSSR count). The Bertz CT molecular complexity index is 780. The van der Waals surface area contributed by atoms with E-state index in [2.05, 4.69) is 0 Å². The predicted molar refractivity (Wildman–Crippen MR) is 103 cm³/mol. The van der Waals surface area contributed by atoms with E-state index in [1.807, 2.05) is 6.92 Å². The van der Waals surface area contributed by atoms with Crippen molar-refractivity contribution in [1.29, 1.82) is 0 Å². The van der Waals surface area contributed by atoms with Gasteiger partial charge in [-0.2, -0.15) is 0 Å². The lowest BCUT2D eigenvalue weighted by molar-refractivity contribution is -0.151. The highest BCUT2D eigenvalue weighted by Gasteiger charge is 2.37. The van der Waals surface area contributed by atoms with Gasteiger partial charge in [-0.1, -0.05) is 11.6 Å². The van der Waals surface area contributed by atoms with Gasteiger partial charge in [-0.05, 0) is 57.4 Å². The maximum atomic E-state index is 13.6. The van der Waals surface area contributed by atoms with Crippen molar-refractivity contribution >= 4 is 23.6 Å². The van der Waals surface area contributed by atoms with Gasteiger partial charge in [0, 0.05) is 18.1 Å². The highest BCUT2D eigenvalue weighted by Crippen LogP contribution is 2.36. The first-order valence-electron chi connectivity index (χ1n) is 9.44. The normalized spacial score (nSPS) is 22.6. The number of nitrogens with zero attached hydrogens (tertiary/aromatic N) is 2. The molecule has 8 heteroatoms. The van der Waals surface area contributed by atoms with Crippen molar-refractivity contribution in [2.45, 2.75) is 51.9 Å². The number of benzene rings is 1. The molecule has 2 atom stereocenters. The average molecular weight is 413 g/mol. The van der Waals surface area contributed by atoms with Crippen LogP contribution in [0.2, 0.25) is 5.02 Å². The third-order valence-electron chi connectivity index (χ3n) is 4.96. The molecular weight excluding hydrogens is 387 g/mol. The largest absolute Gasteiger partial charge is 0.444 e. The second-order valence-electron chi connectivity index (χ2n) is 8.20. The van der Waals surface area contributed by atoms with Crippen molar-refractivity contribution in [2.24, 2.45) is 0 Å². The molecule has 0 N–H and O–H groups in total. The molecule has 0 unspecified atom stereocenters. The number of morpholine rings is 1. The lowest BCUT2D eigenvalue weighted by Gasteiger charge is -2.40. The molecule has 0 spiro atoms. The molecule has 1 saturated heterocycles. The molecular formula is C20H26ClFN2O4. The third kappa shape index (κ3) is 4.41. The van der Waals surface area contributed by atoms with Gasteiger partial charge in [-0.3, -0.25) is 4.79 Å². The summed E-state index contributed by atoms with van der Waals surface area (Å²) in [7, 11) is 0. The van der Waals surface area contributed by atoms with Crippen LogP contribution in [0, 0.1) is 5.82 Å². The minimum absolute atomic E-state index is 0.140. The van der Waals surface area contributed by atoms with Gasteiger partial charge in [0.05, 0.1) is 19.2 Å². The maximum Gasteiger partial charge on any atom is 0.410 e. The summed E-state index contributed by atoms with van der Waals surface area (Å²) in [5.74, 6) is -0.578. The first kappa shape index (κ1) is 20.9. The van der Waals surface area contributed by atoms with Crippen LogP contribution in [0.4, 0.5) is 9.18 Å². The average Bonchev–Trinajstić information content (AvgIpc) is 2.59. The Kier molecular flexibility index (Phi) is 5.87. The van der Waals surface area contributed by atoms with Crippen LogP contribution in [0.25, 0.3) is 0 Å². The van der Waals surface area contributed by atoms with Crippen molar-refractivity contribution < 1.29 is 23.5 Å². The van der Waals surface area contributed by atoms with Crippen molar-refractivity contribution in [3.05, 3.63) is 34.1 Å². The molecule has 6 nitrogen and oxygen atoms in total. The second-order valence-corrected chi connectivity index (χ2v) is 8.61. The summed E-state index contributed by atoms with van der Waals surface area (Å²) in [6.07, 6.45) is -0.695. The highest BCUT2D eigenvalue weighted by molar-refractivity contribution is 6.31. The molecule has 2 aliphatic rings. The van der Waals surface area contributed by atoms with Crippen LogP contribution in [0.3, 0.4) is 0 Å². The van der Waals surface area contributed by atoms with E-state index in [1.165, 1.54) is 17.0 Å². The van der Waals surface area contributed by atoms with Gasteiger partial charge >= 0.3 is 6.09 Å². The summed E-state index contributed by atoms with van der Waals surface area (Å²) < 4.78 is 24.7. The molecule has 0 saturated carbocycles. The Morgan fingerprint density at radius 2 is 2.00 bits per heavy atom. The summed E-state index contributed by atoms with van der Waals surface area (Å²) in [5.41, 5.74) is 0.982. The fourth-order valence-corrected chi connectivity index (χ4v) is 4.06. The van der Waals surface area contributed by atoms with Crippen LogP contribution in [0.15, 0.2) is 12.1 Å². The molecule has 1 fully saturated rings. The van der Waals surface area contributed by atoms with Crippen LogP contribution in [0.5, 0.6) is 0 Å². The Morgan fingerprint density at radius 1 is 1.29 bits per heavy atom. The quantitative estimate of drug-likeness (QED) is 0.707. The Labute approximate surface area is 169 Å². The molecule has 0 bridgehead atoms. The third-order valence-corrected chi connectivity index (χ3v) is 5.28. The zero-order chi connectivity index (χ0) is 20.6. The van der Waals surface area contributed by atoms with E-state index in [-0.39, 0.29) is 30.9 Å². The van der Waals surface area contributed by atoms with Crippen molar-refractivity contribution in [3.8, 4) is 0 Å². The van der Waals surface area contributed by atoms with Crippen molar-refractivity contribution in [2.75, 3.05) is 26.2 Å². The van der Waals surface area contributed by atoms with Crippen LogP contribution >= 0.6 is 11.6 Å². The fourth-order valence-electron chi connectivity index (χ4n) is 3.68. The number of ether oxygens (including phenoxy) is 2. The zero-order valence-corrected chi connectivity index (χ0v) is 17.4. The number of carbonyl (C=O) groups is 2. The summed E-state index contributed by atoms with van der Waals surface area (Å²) in [4.78, 5) is 28.6. The standard InChI is InChI=1S/C20H26ClFN2O4/c1-12-17-13(9-14(22)10-15(17)21)5-6-24(12)18(25)16-11-23(7-8-27-16)19(26)28-20(2,3)4/h9-10,12,16H,5-8,11H2,1-4H3/t12-,16+/m0/s1. The van der Waals surface area contributed by atoms with Gasteiger partial charge < -0.3 is 19.3 Å². The summed E-state index contributed by atoms with van der Waals surface area (Å²) >= 11 is 6.25.